The fourth-order valence-electron chi connectivity index (χ4n) is 2.77. The van der Waals surface area contributed by atoms with Crippen molar-refractivity contribution in [3.63, 3.8) is 0 Å². The number of hydrogen-bond acceptors (Lipinski definition) is 3. The molecule has 1 atom stereocenters. The maximum absolute atomic E-state index is 13.3. The fourth-order valence-corrected chi connectivity index (χ4v) is 4.59. The van der Waals surface area contributed by atoms with E-state index in [1.54, 1.807) is 11.3 Å². The van der Waals surface area contributed by atoms with E-state index in [0.717, 1.165) is 34.4 Å². The van der Waals surface area contributed by atoms with Gasteiger partial charge in [-0.25, -0.2) is 9.37 Å². The second-order valence-corrected chi connectivity index (χ2v) is 7.26. The highest BCUT2D eigenvalue weighted by Gasteiger charge is 2.23. The largest absolute Gasteiger partial charge is 0.305 e. The van der Waals surface area contributed by atoms with E-state index in [1.807, 2.05) is 6.07 Å². The molecule has 0 saturated carbocycles. The van der Waals surface area contributed by atoms with Crippen molar-refractivity contribution in [1.82, 2.24) is 10.3 Å². The van der Waals surface area contributed by atoms with Gasteiger partial charge in [0.1, 0.15) is 10.8 Å². The molecule has 2 aromatic rings. The molecule has 3 rings (SSSR count). The van der Waals surface area contributed by atoms with Crippen LogP contribution in [0.5, 0.6) is 0 Å². The smallest absolute Gasteiger partial charge is 0.124 e. The molecular weight excluding hydrogens is 351 g/mol. The first-order valence-corrected chi connectivity index (χ1v) is 8.96. The van der Waals surface area contributed by atoms with Crippen molar-refractivity contribution in [2.75, 3.05) is 6.54 Å². The lowest BCUT2D eigenvalue weighted by Gasteiger charge is -2.17. The molecule has 0 amide bonds. The maximum atomic E-state index is 13.3. The van der Waals surface area contributed by atoms with Crippen LogP contribution in [0.2, 0.25) is 0 Å². The summed E-state index contributed by atoms with van der Waals surface area (Å²) in [4.78, 5) is 6.28. The number of aromatic nitrogens is 1. The van der Waals surface area contributed by atoms with E-state index in [2.05, 4.69) is 28.2 Å². The second kappa shape index (κ2) is 6.55. The molecule has 2 nitrogen and oxygen atoms in total. The molecule has 0 aliphatic heterocycles. The van der Waals surface area contributed by atoms with Gasteiger partial charge in [0.25, 0.3) is 0 Å². The molecular formula is C16H18BrFN2S. The Balaban J connectivity index is 1.99. The van der Waals surface area contributed by atoms with E-state index in [-0.39, 0.29) is 11.9 Å². The number of fused-ring (bicyclic) bond motifs is 1. The lowest BCUT2D eigenvalue weighted by molar-refractivity contribution is 0.606. The van der Waals surface area contributed by atoms with Crippen LogP contribution in [0.3, 0.4) is 0 Å². The Kier molecular flexibility index (Phi) is 4.72. The van der Waals surface area contributed by atoms with Crippen LogP contribution in [-0.2, 0) is 12.8 Å². The Morgan fingerprint density at radius 3 is 2.90 bits per heavy atom. The number of nitrogens with one attached hydrogen (secondary N) is 1. The van der Waals surface area contributed by atoms with Crippen LogP contribution < -0.4 is 5.32 Å². The molecule has 21 heavy (non-hydrogen) atoms. The molecule has 0 bridgehead atoms. The minimum Gasteiger partial charge on any atom is -0.305 e. The van der Waals surface area contributed by atoms with Crippen molar-refractivity contribution in [2.45, 2.75) is 38.6 Å². The summed E-state index contributed by atoms with van der Waals surface area (Å²) in [6.45, 7) is 2.93. The Morgan fingerprint density at radius 2 is 2.19 bits per heavy atom. The number of thiazole rings is 1. The van der Waals surface area contributed by atoms with E-state index in [0.29, 0.717) is 0 Å². The van der Waals surface area contributed by atoms with Gasteiger partial charge in [0.2, 0.25) is 0 Å². The highest BCUT2D eigenvalue weighted by molar-refractivity contribution is 9.10. The van der Waals surface area contributed by atoms with Crippen LogP contribution in [0.25, 0.3) is 0 Å². The van der Waals surface area contributed by atoms with E-state index < -0.39 is 0 Å². The van der Waals surface area contributed by atoms with E-state index in [9.17, 15) is 4.39 Å². The van der Waals surface area contributed by atoms with Crippen molar-refractivity contribution in [3.8, 4) is 0 Å². The van der Waals surface area contributed by atoms with Crippen molar-refractivity contribution in [3.05, 3.63) is 49.6 Å². The zero-order valence-corrected chi connectivity index (χ0v) is 14.4. The van der Waals surface area contributed by atoms with Crippen LogP contribution in [0.4, 0.5) is 4.39 Å². The molecule has 1 unspecified atom stereocenters. The molecule has 0 radical (unpaired) electrons. The normalized spacial score (nSPS) is 15.8. The van der Waals surface area contributed by atoms with Crippen molar-refractivity contribution >= 4 is 27.3 Å². The fraction of sp³-hybridized carbons (Fsp3) is 0.438. The summed E-state index contributed by atoms with van der Waals surface area (Å²) in [7, 11) is 0. The zero-order chi connectivity index (χ0) is 14.8. The summed E-state index contributed by atoms with van der Waals surface area (Å²) in [6.07, 6.45) is 4.74. The Bertz CT molecular complexity index is 618. The van der Waals surface area contributed by atoms with Crippen molar-refractivity contribution in [2.24, 2.45) is 0 Å². The summed E-state index contributed by atoms with van der Waals surface area (Å²) < 4.78 is 14.1. The molecule has 112 valence electrons. The predicted octanol–water partition coefficient (Wildman–Crippen LogP) is 4.62. The quantitative estimate of drug-likeness (QED) is 0.851. The third-order valence-electron chi connectivity index (χ3n) is 3.79. The summed E-state index contributed by atoms with van der Waals surface area (Å²) in [6, 6.07) is 4.90. The summed E-state index contributed by atoms with van der Waals surface area (Å²) >= 11 is 5.29. The lowest BCUT2D eigenvalue weighted by Crippen LogP contribution is -2.22. The topological polar surface area (TPSA) is 24.9 Å². The van der Waals surface area contributed by atoms with Crippen LogP contribution in [0, 0.1) is 5.82 Å². The Labute approximate surface area is 136 Å². The molecule has 0 fully saturated rings. The van der Waals surface area contributed by atoms with Gasteiger partial charge in [-0.15, -0.1) is 11.3 Å². The van der Waals surface area contributed by atoms with E-state index in [1.165, 1.54) is 35.5 Å². The molecule has 1 aromatic heterocycles. The van der Waals surface area contributed by atoms with Gasteiger partial charge in [-0.1, -0.05) is 28.9 Å². The molecule has 1 N–H and O–H groups in total. The minimum absolute atomic E-state index is 0.0283. The highest BCUT2D eigenvalue weighted by atomic mass is 79.9. The number of hydrogen-bond donors (Lipinski definition) is 1. The van der Waals surface area contributed by atoms with Gasteiger partial charge in [0.15, 0.2) is 0 Å². The number of nitrogens with zero attached hydrogens (tertiary/aromatic N) is 1. The van der Waals surface area contributed by atoms with Gasteiger partial charge in [0.05, 0.1) is 11.7 Å². The van der Waals surface area contributed by atoms with Gasteiger partial charge in [0, 0.05) is 9.35 Å². The number of rotatable bonds is 4. The van der Waals surface area contributed by atoms with Gasteiger partial charge in [-0.05, 0) is 49.9 Å². The molecule has 0 saturated heterocycles. The predicted molar refractivity (Wildman–Crippen MR) is 88.4 cm³/mol. The summed E-state index contributed by atoms with van der Waals surface area (Å²) in [5.41, 5.74) is 2.31. The van der Waals surface area contributed by atoms with E-state index in [4.69, 9.17) is 4.98 Å². The first-order chi connectivity index (χ1) is 10.2. The average Bonchev–Trinajstić information content (AvgIpc) is 2.89. The molecule has 0 spiro atoms. The monoisotopic (exact) mass is 368 g/mol. The van der Waals surface area contributed by atoms with Crippen LogP contribution in [-0.4, -0.2) is 11.5 Å². The molecule has 1 aliphatic rings. The molecule has 1 heterocycles. The van der Waals surface area contributed by atoms with Crippen LogP contribution in [0.15, 0.2) is 22.7 Å². The second-order valence-electron chi connectivity index (χ2n) is 5.29. The first-order valence-electron chi connectivity index (χ1n) is 7.36. The summed E-state index contributed by atoms with van der Waals surface area (Å²) in [5.74, 6) is -0.223. The SMILES string of the molecule is CCNC(c1nc2c(s1)CCCC2)c1ccc(F)cc1Br. The van der Waals surface area contributed by atoms with Gasteiger partial charge in [-0.2, -0.15) is 0 Å². The molecule has 1 aliphatic carbocycles. The van der Waals surface area contributed by atoms with Crippen molar-refractivity contribution < 1.29 is 4.39 Å². The molecule has 5 heteroatoms. The van der Waals surface area contributed by atoms with E-state index >= 15 is 0 Å². The Hall–Kier alpha value is -0.780. The highest BCUT2D eigenvalue weighted by Crippen LogP contribution is 2.35. The number of aryl methyl sites for hydroxylation is 2. The average molecular weight is 369 g/mol. The molecule has 1 aromatic carbocycles. The van der Waals surface area contributed by atoms with Crippen LogP contribution in [0.1, 0.15) is 46.9 Å². The Morgan fingerprint density at radius 1 is 1.38 bits per heavy atom. The standard InChI is InChI=1S/C16H18BrFN2S/c1-2-19-15(11-8-7-10(18)9-12(11)17)16-20-13-5-3-4-6-14(13)21-16/h7-9,15,19H,2-6H2,1H3. The third-order valence-corrected chi connectivity index (χ3v) is 5.70. The number of benzene rings is 1. The summed E-state index contributed by atoms with van der Waals surface area (Å²) in [5, 5.41) is 4.57. The zero-order valence-electron chi connectivity index (χ0n) is 12.0. The minimum atomic E-state index is -0.223. The maximum Gasteiger partial charge on any atom is 0.124 e. The lowest BCUT2D eigenvalue weighted by atomic mass is 10.0. The van der Waals surface area contributed by atoms with Gasteiger partial charge < -0.3 is 5.32 Å². The number of halogens is 2. The van der Waals surface area contributed by atoms with Crippen molar-refractivity contribution in [1.29, 1.82) is 0 Å². The van der Waals surface area contributed by atoms with Gasteiger partial charge in [-0.3, -0.25) is 0 Å². The first kappa shape index (κ1) is 15.1. The van der Waals surface area contributed by atoms with Gasteiger partial charge >= 0.3 is 0 Å². The van der Waals surface area contributed by atoms with Crippen LogP contribution >= 0.6 is 27.3 Å². The third kappa shape index (κ3) is 3.20.